The molecule has 1 unspecified atom stereocenters. The minimum absolute atomic E-state index is 0.0565. The number of hydrogen-bond acceptors (Lipinski definition) is 6. The van der Waals surface area contributed by atoms with Crippen LogP contribution in [-0.2, 0) is 31.1 Å². The van der Waals surface area contributed by atoms with Gasteiger partial charge in [0, 0.05) is 39.3 Å². The molecule has 3 aliphatic heterocycles. The summed E-state index contributed by atoms with van der Waals surface area (Å²) >= 11 is 0. The van der Waals surface area contributed by atoms with Crippen molar-refractivity contribution in [1.82, 2.24) is 24.9 Å². The first-order valence-electron chi connectivity index (χ1n) is 12.1. The van der Waals surface area contributed by atoms with Crippen LogP contribution in [0.3, 0.4) is 0 Å². The van der Waals surface area contributed by atoms with E-state index in [-0.39, 0.29) is 24.3 Å². The first kappa shape index (κ1) is 22.8. The number of morpholine rings is 1. The molecule has 0 saturated carbocycles. The van der Waals surface area contributed by atoms with E-state index in [2.05, 4.69) is 10.2 Å². The number of nitrogens with zero attached hydrogens (tertiary/aromatic N) is 4. The molecule has 0 radical (unpaired) electrons. The summed E-state index contributed by atoms with van der Waals surface area (Å²) in [5.74, 6) is -0.566. The number of ether oxygens (including phenoxy) is 1. The average molecular weight is 470 g/mol. The smallest absolute Gasteiger partial charge is 0.325 e. The number of carbonyl (C=O) groups excluding carboxylic acids is 4. The van der Waals surface area contributed by atoms with E-state index in [0.717, 1.165) is 42.0 Å². The van der Waals surface area contributed by atoms with Crippen LogP contribution in [0.1, 0.15) is 24.0 Å². The van der Waals surface area contributed by atoms with E-state index in [1.165, 1.54) is 0 Å². The van der Waals surface area contributed by atoms with Crippen molar-refractivity contribution in [1.29, 1.82) is 0 Å². The zero-order chi connectivity index (χ0) is 23.7. The van der Waals surface area contributed by atoms with Gasteiger partial charge in [-0.2, -0.15) is 0 Å². The molecule has 10 nitrogen and oxygen atoms in total. The maximum atomic E-state index is 13.4. The van der Waals surface area contributed by atoms with Crippen LogP contribution >= 0.6 is 0 Å². The molecule has 0 bridgehead atoms. The Morgan fingerprint density at radius 2 is 1.56 bits per heavy atom. The number of aryl methyl sites for hydroxylation is 1. The van der Waals surface area contributed by atoms with E-state index >= 15 is 0 Å². The van der Waals surface area contributed by atoms with Crippen molar-refractivity contribution in [3.63, 3.8) is 0 Å². The van der Waals surface area contributed by atoms with E-state index in [4.69, 9.17) is 4.74 Å². The number of hydrogen-bond donors (Lipinski definition) is 1. The molecule has 4 aliphatic rings. The van der Waals surface area contributed by atoms with Gasteiger partial charge < -0.3 is 19.9 Å². The Morgan fingerprint density at radius 3 is 2.26 bits per heavy atom. The summed E-state index contributed by atoms with van der Waals surface area (Å²) in [7, 11) is 0. The normalized spacial score (nSPS) is 25.5. The highest BCUT2D eigenvalue weighted by Crippen LogP contribution is 2.39. The molecule has 3 heterocycles. The van der Waals surface area contributed by atoms with Crippen molar-refractivity contribution >= 4 is 23.8 Å². The van der Waals surface area contributed by atoms with Crippen molar-refractivity contribution in [2.45, 2.75) is 24.8 Å². The molecule has 3 saturated heterocycles. The molecule has 1 N–H and O–H groups in total. The van der Waals surface area contributed by atoms with Crippen LogP contribution in [0.15, 0.2) is 24.3 Å². The molecule has 3 fully saturated rings. The highest BCUT2D eigenvalue weighted by molar-refractivity contribution is 6.09. The van der Waals surface area contributed by atoms with Crippen molar-refractivity contribution in [3.8, 4) is 0 Å². The molecule has 1 aromatic rings. The van der Waals surface area contributed by atoms with Gasteiger partial charge in [-0.05, 0) is 30.4 Å². The third-order valence-corrected chi connectivity index (χ3v) is 7.39. The maximum absolute atomic E-state index is 13.4. The highest BCUT2D eigenvalue weighted by atomic mass is 16.5. The van der Waals surface area contributed by atoms with Crippen LogP contribution in [0, 0.1) is 0 Å². The zero-order valence-corrected chi connectivity index (χ0v) is 19.3. The molecule has 5 rings (SSSR count). The number of carbonyl (C=O) groups is 4. The van der Waals surface area contributed by atoms with Gasteiger partial charge in [-0.25, -0.2) is 4.79 Å². The van der Waals surface area contributed by atoms with Crippen molar-refractivity contribution in [2.24, 2.45) is 0 Å². The van der Waals surface area contributed by atoms with Crippen LogP contribution < -0.4 is 5.32 Å². The van der Waals surface area contributed by atoms with Gasteiger partial charge >= 0.3 is 6.03 Å². The molecule has 1 atom stereocenters. The Balaban J connectivity index is 1.18. The standard InChI is InChI=1S/C24H31N5O5/c30-20(16-26-12-14-34-15-13-26)27-8-10-28(11-9-27)21(31)17-29-22(32)24(25-23(29)33)7-3-5-18-4-1-2-6-19(18)24/h1-2,4,6H,3,5,7-17H2,(H,25,33). The number of fused-ring (bicyclic) bond motifs is 2. The van der Waals surface area contributed by atoms with Crippen LogP contribution in [0.25, 0.3) is 0 Å². The predicted octanol–water partition coefficient (Wildman–Crippen LogP) is -0.227. The Morgan fingerprint density at radius 1 is 0.912 bits per heavy atom. The zero-order valence-electron chi connectivity index (χ0n) is 19.3. The number of amides is 5. The van der Waals surface area contributed by atoms with Gasteiger partial charge in [-0.15, -0.1) is 0 Å². The number of benzene rings is 1. The van der Waals surface area contributed by atoms with Crippen molar-refractivity contribution in [3.05, 3.63) is 35.4 Å². The van der Waals surface area contributed by atoms with Crippen LogP contribution in [0.4, 0.5) is 4.79 Å². The summed E-state index contributed by atoms with van der Waals surface area (Å²) < 4.78 is 5.32. The lowest BCUT2D eigenvalue weighted by Gasteiger charge is -2.37. The largest absolute Gasteiger partial charge is 0.379 e. The Labute approximate surface area is 198 Å². The molecule has 0 aromatic heterocycles. The van der Waals surface area contributed by atoms with E-state index in [1.807, 2.05) is 24.3 Å². The van der Waals surface area contributed by atoms with Gasteiger partial charge in [0.2, 0.25) is 11.8 Å². The topological polar surface area (TPSA) is 102 Å². The van der Waals surface area contributed by atoms with Crippen molar-refractivity contribution in [2.75, 3.05) is 65.6 Å². The molecule has 10 heteroatoms. The van der Waals surface area contributed by atoms with E-state index in [9.17, 15) is 19.2 Å². The summed E-state index contributed by atoms with van der Waals surface area (Å²) in [5, 5.41) is 2.89. The number of imide groups is 1. The van der Waals surface area contributed by atoms with Crippen LogP contribution in [0.5, 0.6) is 0 Å². The van der Waals surface area contributed by atoms with Gasteiger partial charge in [-0.1, -0.05) is 24.3 Å². The lowest BCUT2D eigenvalue weighted by Crippen LogP contribution is -2.55. The van der Waals surface area contributed by atoms with Crippen molar-refractivity contribution < 1.29 is 23.9 Å². The maximum Gasteiger partial charge on any atom is 0.325 e. The minimum atomic E-state index is -1.07. The summed E-state index contributed by atoms with van der Waals surface area (Å²) in [6, 6.07) is 7.17. The van der Waals surface area contributed by atoms with E-state index in [1.54, 1.807) is 9.80 Å². The Hall–Kier alpha value is -2.98. The highest BCUT2D eigenvalue weighted by Gasteiger charge is 2.54. The lowest BCUT2D eigenvalue weighted by atomic mass is 9.76. The van der Waals surface area contributed by atoms with Gasteiger partial charge in [0.25, 0.3) is 5.91 Å². The fourth-order valence-electron chi connectivity index (χ4n) is 5.45. The quantitative estimate of drug-likeness (QED) is 0.612. The summed E-state index contributed by atoms with van der Waals surface area (Å²) in [5.41, 5.74) is 0.826. The Bertz CT molecular complexity index is 986. The third-order valence-electron chi connectivity index (χ3n) is 7.39. The van der Waals surface area contributed by atoms with E-state index in [0.29, 0.717) is 52.4 Å². The molecule has 34 heavy (non-hydrogen) atoms. The van der Waals surface area contributed by atoms with Crippen LogP contribution in [0.2, 0.25) is 0 Å². The van der Waals surface area contributed by atoms with Gasteiger partial charge in [0.1, 0.15) is 12.1 Å². The third kappa shape index (κ3) is 4.16. The summed E-state index contributed by atoms with van der Waals surface area (Å²) in [4.78, 5) is 58.3. The summed E-state index contributed by atoms with van der Waals surface area (Å²) in [6.45, 7) is 4.57. The Kier molecular flexibility index (Phi) is 6.26. The molecular formula is C24H31N5O5. The fourth-order valence-corrected chi connectivity index (χ4v) is 5.45. The van der Waals surface area contributed by atoms with Gasteiger partial charge in [-0.3, -0.25) is 24.2 Å². The second kappa shape index (κ2) is 9.34. The molecule has 1 aromatic carbocycles. The molecule has 1 spiro atoms. The first-order valence-corrected chi connectivity index (χ1v) is 12.1. The number of rotatable bonds is 4. The molecule has 5 amide bonds. The lowest BCUT2D eigenvalue weighted by molar-refractivity contribution is -0.143. The first-order chi connectivity index (χ1) is 16.5. The molecule has 182 valence electrons. The summed E-state index contributed by atoms with van der Waals surface area (Å²) in [6.07, 6.45) is 2.20. The molecule has 1 aliphatic carbocycles. The second-order valence-electron chi connectivity index (χ2n) is 9.39. The number of piperazine rings is 1. The van der Waals surface area contributed by atoms with Gasteiger partial charge in [0.15, 0.2) is 0 Å². The predicted molar refractivity (Wildman–Crippen MR) is 122 cm³/mol. The minimum Gasteiger partial charge on any atom is -0.379 e. The second-order valence-corrected chi connectivity index (χ2v) is 9.39. The fraction of sp³-hybridized carbons (Fsp3) is 0.583. The number of urea groups is 1. The number of nitrogens with one attached hydrogen (secondary N) is 1. The monoisotopic (exact) mass is 469 g/mol. The average Bonchev–Trinajstić information content (AvgIpc) is 3.09. The van der Waals surface area contributed by atoms with Crippen LogP contribution in [-0.4, -0.2) is 109 Å². The molecular weight excluding hydrogens is 438 g/mol. The van der Waals surface area contributed by atoms with E-state index < -0.39 is 11.6 Å². The van der Waals surface area contributed by atoms with Gasteiger partial charge in [0.05, 0.1) is 19.8 Å². The SMILES string of the molecule is O=C(CN1CCOCC1)N1CCN(C(=O)CN2C(=O)NC3(CCCc4ccccc43)C2=O)CC1.